The van der Waals surface area contributed by atoms with E-state index in [-0.39, 0.29) is 35.5 Å². The van der Waals surface area contributed by atoms with E-state index in [0.29, 0.717) is 18.2 Å². The predicted octanol–water partition coefficient (Wildman–Crippen LogP) is 4.75. The van der Waals surface area contributed by atoms with Gasteiger partial charge < -0.3 is 23.8 Å². The van der Waals surface area contributed by atoms with Crippen molar-refractivity contribution in [3.63, 3.8) is 0 Å². The quantitative estimate of drug-likeness (QED) is 0.182. The first-order valence-electron chi connectivity index (χ1n) is 10.6. The second-order valence-corrected chi connectivity index (χ2v) is 10.7. The van der Waals surface area contributed by atoms with Crippen LogP contribution in [0.3, 0.4) is 0 Å². The Kier molecular flexibility index (Phi) is 9.31. The number of phenols is 1. The molecule has 2 atom stereocenters. The number of hydrogen-bond donors (Lipinski definition) is 1. The highest BCUT2D eigenvalue weighted by Crippen LogP contribution is 2.59. The van der Waals surface area contributed by atoms with E-state index in [1.807, 2.05) is 0 Å². The molecule has 2 rings (SSSR count). The van der Waals surface area contributed by atoms with E-state index in [0.717, 1.165) is 0 Å². The highest BCUT2D eigenvalue weighted by Gasteiger charge is 2.58. The zero-order valence-corrected chi connectivity index (χ0v) is 21.3. The first-order valence-corrected chi connectivity index (χ1v) is 12.3. The maximum absolute atomic E-state index is 13.2. The van der Waals surface area contributed by atoms with Gasteiger partial charge in [-0.25, -0.2) is 4.79 Å². The number of allylic oxidation sites excluding steroid dienone is 2. The normalized spacial score (nSPS) is 16.4. The van der Waals surface area contributed by atoms with Crippen molar-refractivity contribution in [2.24, 2.45) is 0 Å². The average Bonchev–Trinajstić information content (AvgIpc) is 3.22. The average molecular weight is 576 g/mol. The summed E-state index contributed by atoms with van der Waals surface area (Å²) in [6.45, 7) is 0.210. The van der Waals surface area contributed by atoms with Crippen molar-refractivity contribution in [2.45, 2.75) is 51.3 Å². The summed E-state index contributed by atoms with van der Waals surface area (Å²) in [4.78, 5) is 36.2. The Hall–Kier alpha value is -3.06. The highest BCUT2D eigenvalue weighted by atomic mass is 31.2. The third kappa shape index (κ3) is 6.49. The van der Waals surface area contributed by atoms with Crippen LogP contribution in [0, 0.1) is 6.92 Å². The number of fused-ring (bicyclic) bond motifs is 1. The summed E-state index contributed by atoms with van der Waals surface area (Å²) in [5, 5.41) is 10.7. The summed E-state index contributed by atoms with van der Waals surface area (Å²) in [6.07, 6.45) is -11.1. The molecule has 0 aliphatic carbocycles. The minimum Gasteiger partial charge on any atom is -0.507 e. The molecule has 1 aromatic carbocycles. The molecule has 1 heterocycles. The first-order chi connectivity index (χ1) is 17.4. The smallest absolute Gasteiger partial charge is 0.460 e. The van der Waals surface area contributed by atoms with Gasteiger partial charge in [-0.15, -0.1) is 0 Å². The molecule has 0 amide bonds. The summed E-state index contributed by atoms with van der Waals surface area (Å²) in [7, 11) is -4.10. The van der Waals surface area contributed by atoms with Crippen LogP contribution >= 0.6 is 7.37 Å². The molecule has 0 bridgehead atoms. The topological polar surface area (TPSA) is 125 Å². The molecule has 9 nitrogen and oxygen atoms in total. The van der Waals surface area contributed by atoms with Gasteiger partial charge in [-0.05, 0) is 32.3 Å². The van der Waals surface area contributed by atoms with Crippen molar-refractivity contribution in [3.05, 3.63) is 33.9 Å². The molecular formula is C22H23F6O9P. The van der Waals surface area contributed by atoms with Gasteiger partial charge in [0.2, 0.25) is 0 Å². The minimum atomic E-state index is -6.05. The molecule has 1 N–H and O–H groups in total. The second kappa shape index (κ2) is 11.4. The third-order valence-electron chi connectivity index (χ3n) is 5.65. The van der Waals surface area contributed by atoms with E-state index in [9.17, 15) is 50.4 Å². The number of hydrogen-bond acceptors (Lipinski definition) is 9. The molecule has 1 aliphatic rings. The van der Waals surface area contributed by atoms with Gasteiger partial charge in [0.25, 0.3) is 7.37 Å². The molecule has 1 aromatic rings. The number of benzene rings is 1. The van der Waals surface area contributed by atoms with Gasteiger partial charge in [0.15, 0.2) is 6.61 Å². The summed E-state index contributed by atoms with van der Waals surface area (Å²) in [6, 6.07) is 0. The van der Waals surface area contributed by atoms with E-state index in [1.54, 1.807) is 6.92 Å². The molecule has 0 saturated carbocycles. The van der Waals surface area contributed by atoms with Crippen LogP contribution in [0.2, 0.25) is 0 Å². The van der Waals surface area contributed by atoms with E-state index in [4.69, 9.17) is 9.47 Å². The molecule has 212 valence electrons. The first kappa shape index (κ1) is 31.2. The van der Waals surface area contributed by atoms with Crippen LogP contribution in [0.25, 0.3) is 0 Å². The molecule has 16 heteroatoms. The lowest BCUT2D eigenvalue weighted by atomic mass is 9.94. The Balaban J connectivity index is 2.50. The van der Waals surface area contributed by atoms with Gasteiger partial charge in [-0.1, -0.05) is 11.6 Å². The van der Waals surface area contributed by atoms with Crippen molar-refractivity contribution in [1.29, 1.82) is 0 Å². The van der Waals surface area contributed by atoms with Crippen LogP contribution in [0.5, 0.6) is 11.5 Å². The number of alkyl halides is 6. The zero-order valence-electron chi connectivity index (χ0n) is 20.4. The third-order valence-corrected chi connectivity index (χ3v) is 8.19. The number of esters is 2. The predicted molar refractivity (Wildman–Crippen MR) is 117 cm³/mol. The van der Waals surface area contributed by atoms with Crippen LogP contribution in [0.4, 0.5) is 26.3 Å². The maximum atomic E-state index is 13.2. The Morgan fingerprint density at radius 1 is 1.18 bits per heavy atom. The van der Waals surface area contributed by atoms with Gasteiger partial charge in [-0.3, -0.25) is 14.2 Å². The van der Waals surface area contributed by atoms with Crippen LogP contribution in [0.15, 0.2) is 11.6 Å². The molecule has 1 aliphatic heterocycles. The molecule has 0 radical (unpaired) electrons. The fourth-order valence-corrected chi connectivity index (χ4v) is 5.99. The number of rotatable bonds is 10. The standard InChI is InChI=1S/C22H23F6O9P/c1-10(5-6-12-16(29)15-13(8-36-19(15)31)11(2)17(12)34-3)7-14(18(30)35-4)38(33,20(32)22(26,27)28)37-9-21(23,24)25/h5,14,29H,6-9H2,1-4H3/b10-5+. The summed E-state index contributed by atoms with van der Waals surface area (Å²) >= 11 is 0. The largest absolute Gasteiger partial charge is 0.507 e. The number of carbonyl (C=O) groups excluding carboxylic acids is 3. The Morgan fingerprint density at radius 2 is 1.79 bits per heavy atom. The van der Waals surface area contributed by atoms with Crippen molar-refractivity contribution >= 4 is 24.8 Å². The van der Waals surface area contributed by atoms with E-state index in [2.05, 4.69) is 9.26 Å². The molecule has 0 aromatic heterocycles. The fraction of sp³-hybridized carbons (Fsp3) is 0.500. The number of ether oxygens (including phenoxy) is 3. The van der Waals surface area contributed by atoms with Gasteiger partial charge >= 0.3 is 29.8 Å². The van der Waals surface area contributed by atoms with Gasteiger partial charge in [0.05, 0.1) is 14.2 Å². The number of carbonyl (C=O) groups is 3. The van der Waals surface area contributed by atoms with E-state index < -0.39 is 61.6 Å². The van der Waals surface area contributed by atoms with Crippen molar-refractivity contribution < 1.29 is 69.1 Å². The lowest BCUT2D eigenvalue weighted by molar-refractivity contribution is -0.167. The van der Waals surface area contributed by atoms with Crippen molar-refractivity contribution in [1.82, 2.24) is 0 Å². The molecule has 2 unspecified atom stereocenters. The van der Waals surface area contributed by atoms with E-state index >= 15 is 0 Å². The SMILES string of the molecule is COC(=O)C(C/C(C)=C/Cc1c(O)c2c(c(C)c1OC)COC2=O)P(=O)(OCC(F)(F)F)C(=O)C(F)(F)F. The number of cyclic esters (lactones) is 1. The summed E-state index contributed by atoms with van der Waals surface area (Å²) in [5.74, 6) is -2.81. The highest BCUT2D eigenvalue weighted by molar-refractivity contribution is 7.77. The number of halogens is 6. The molecule has 0 spiro atoms. The second-order valence-electron chi connectivity index (χ2n) is 8.20. The summed E-state index contributed by atoms with van der Waals surface area (Å²) in [5.41, 5.74) is -4.95. The van der Waals surface area contributed by atoms with Gasteiger partial charge in [0, 0.05) is 11.1 Å². The fourth-order valence-electron chi connectivity index (χ4n) is 3.81. The zero-order chi connectivity index (χ0) is 29.2. The van der Waals surface area contributed by atoms with Crippen LogP contribution in [-0.4, -0.2) is 61.4 Å². The number of methoxy groups -OCH3 is 2. The molecule has 0 fully saturated rings. The monoisotopic (exact) mass is 576 g/mol. The minimum absolute atomic E-state index is 0.0339. The molecule has 38 heavy (non-hydrogen) atoms. The van der Waals surface area contributed by atoms with Crippen LogP contribution in [0.1, 0.15) is 40.4 Å². The summed E-state index contributed by atoms with van der Waals surface area (Å²) < 4.78 is 109. The lowest BCUT2D eigenvalue weighted by Gasteiger charge is -2.26. The Labute approximate surface area is 212 Å². The van der Waals surface area contributed by atoms with Crippen molar-refractivity contribution in [3.8, 4) is 11.5 Å². The molecule has 0 saturated heterocycles. The lowest BCUT2D eigenvalue weighted by Crippen LogP contribution is -2.35. The Morgan fingerprint density at radius 3 is 2.29 bits per heavy atom. The van der Waals surface area contributed by atoms with E-state index in [1.165, 1.54) is 20.1 Å². The molecular weight excluding hydrogens is 553 g/mol. The van der Waals surface area contributed by atoms with Gasteiger partial charge in [-0.2, -0.15) is 26.3 Å². The number of phenolic OH excluding ortho intramolecular Hbond substituents is 1. The number of aromatic hydroxyl groups is 1. The van der Waals surface area contributed by atoms with Crippen LogP contribution < -0.4 is 4.74 Å². The van der Waals surface area contributed by atoms with Crippen LogP contribution in [-0.2, 0) is 41.2 Å². The van der Waals surface area contributed by atoms with Crippen molar-refractivity contribution in [2.75, 3.05) is 20.8 Å². The van der Waals surface area contributed by atoms with Gasteiger partial charge in [0.1, 0.15) is 29.3 Å². The maximum Gasteiger partial charge on any atom is 0.460 e. The Bertz CT molecular complexity index is 1200.